The molecule has 1 N–H and O–H groups in total. The third kappa shape index (κ3) is 8.11. The van der Waals surface area contributed by atoms with Crippen molar-refractivity contribution in [2.24, 2.45) is 0 Å². The predicted octanol–water partition coefficient (Wildman–Crippen LogP) is 5.97. The lowest BCUT2D eigenvalue weighted by molar-refractivity contribution is -0.139. The highest BCUT2D eigenvalue weighted by atomic mass is 35.5. The summed E-state index contributed by atoms with van der Waals surface area (Å²) in [6, 6.07) is 27.6. The number of carbonyl (C=O) groups is 2. The van der Waals surface area contributed by atoms with Crippen LogP contribution >= 0.6 is 23.2 Å². The molecule has 11 heteroatoms. The molecule has 0 bridgehead atoms. The van der Waals surface area contributed by atoms with E-state index < -0.39 is 34.4 Å². The number of sulfonamides is 1. The molecule has 230 valence electrons. The van der Waals surface area contributed by atoms with E-state index in [-0.39, 0.29) is 35.9 Å². The number of ether oxygens (including phenoxy) is 1. The van der Waals surface area contributed by atoms with Gasteiger partial charge in [0.15, 0.2) is 0 Å². The molecule has 1 unspecified atom stereocenters. The number of rotatable bonds is 13. The predicted molar refractivity (Wildman–Crippen MR) is 174 cm³/mol. The summed E-state index contributed by atoms with van der Waals surface area (Å²) in [4.78, 5) is 29.1. The smallest absolute Gasteiger partial charge is 0.264 e. The summed E-state index contributed by atoms with van der Waals surface area (Å²) in [6.07, 6.45) is 0.201. The third-order valence-corrected chi connectivity index (χ3v) is 9.13. The minimum Gasteiger partial charge on any atom is -0.492 e. The third-order valence-electron chi connectivity index (χ3n) is 6.87. The van der Waals surface area contributed by atoms with Gasteiger partial charge < -0.3 is 15.0 Å². The summed E-state index contributed by atoms with van der Waals surface area (Å²) in [5.41, 5.74) is 1.69. The van der Waals surface area contributed by atoms with Gasteiger partial charge in [-0.2, -0.15) is 0 Å². The maximum Gasteiger partial charge on any atom is 0.264 e. The fraction of sp³-hybridized carbons (Fsp3) is 0.212. The second kappa shape index (κ2) is 15.1. The number of carbonyl (C=O) groups excluding carboxylic acids is 2. The van der Waals surface area contributed by atoms with Crippen LogP contribution in [0.1, 0.15) is 18.1 Å². The highest BCUT2D eigenvalue weighted by Crippen LogP contribution is 2.33. The van der Waals surface area contributed by atoms with E-state index >= 15 is 0 Å². The maximum atomic E-state index is 14.4. The van der Waals surface area contributed by atoms with E-state index in [1.807, 2.05) is 30.3 Å². The first-order chi connectivity index (χ1) is 21.1. The highest BCUT2D eigenvalue weighted by molar-refractivity contribution is 7.92. The summed E-state index contributed by atoms with van der Waals surface area (Å²) in [6.45, 7) is 1.45. The van der Waals surface area contributed by atoms with Crippen LogP contribution in [0.15, 0.2) is 108 Å². The first-order valence-corrected chi connectivity index (χ1v) is 16.1. The molecule has 44 heavy (non-hydrogen) atoms. The topological polar surface area (TPSA) is 96.0 Å². The molecule has 0 saturated heterocycles. The lowest BCUT2D eigenvalue weighted by Crippen LogP contribution is -2.53. The Labute approximate surface area is 268 Å². The van der Waals surface area contributed by atoms with Gasteiger partial charge in [0.2, 0.25) is 11.8 Å². The molecule has 0 aliphatic heterocycles. The molecule has 0 aliphatic rings. The Hall–Kier alpha value is -4.05. The first-order valence-electron chi connectivity index (χ1n) is 13.9. The number of likely N-dealkylation sites (N-methyl/N-ethyl adjacent to an activating group) is 1. The molecule has 0 heterocycles. The van der Waals surface area contributed by atoms with Crippen molar-refractivity contribution in [1.82, 2.24) is 10.2 Å². The van der Waals surface area contributed by atoms with Crippen molar-refractivity contribution in [3.05, 3.63) is 124 Å². The summed E-state index contributed by atoms with van der Waals surface area (Å²) in [7, 11) is -2.81. The minimum absolute atomic E-state index is 0.00620. The fourth-order valence-electron chi connectivity index (χ4n) is 4.74. The van der Waals surface area contributed by atoms with Crippen LogP contribution in [0.4, 0.5) is 5.69 Å². The highest BCUT2D eigenvalue weighted by Gasteiger charge is 2.35. The van der Waals surface area contributed by atoms with Gasteiger partial charge in [-0.3, -0.25) is 13.9 Å². The molecule has 8 nitrogen and oxygen atoms in total. The summed E-state index contributed by atoms with van der Waals surface area (Å²) < 4.78 is 35.1. The van der Waals surface area contributed by atoms with Gasteiger partial charge in [-0.25, -0.2) is 8.42 Å². The molecule has 4 aromatic rings. The van der Waals surface area contributed by atoms with Crippen molar-refractivity contribution in [2.75, 3.05) is 24.5 Å². The van der Waals surface area contributed by atoms with Crippen molar-refractivity contribution in [3.8, 4) is 5.75 Å². The van der Waals surface area contributed by atoms with E-state index in [0.717, 1.165) is 9.87 Å². The number of benzene rings is 4. The van der Waals surface area contributed by atoms with Gasteiger partial charge in [-0.1, -0.05) is 77.8 Å². The van der Waals surface area contributed by atoms with E-state index in [1.165, 1.54) is 36.2 Å². The molecule has 0 aromatic heterocycles. The van der Waals surface area contributed by atoms with Crippen LogP contribution in [0, 0.1) is 0 Å². The molecule has 1 atom stereocenters. The zero-order valence-corrected chi connectivity index (χ0v) is 26.6. The zero-order chi connectivity index (χ0) is 31.7. The van der Waals surface area contributed by atoms with Crippen molar-refractivity contribution >= 4 is 50.7 Å². The number of para-hydroxylation sites is 2. The van der Waals surface area contributed by atoms with E-state index in [1.54, 1.807) is 55.5 Å². The van der Waals surface area contributed by atoms with Gasteiger partial charge in [-0.15, -0.1) is 0 Å². The number of nitrogens with zero attached hydrogens (tertiary/aromatic N) is 2. The minimum atomic E-state index is -4.30. The average molecular weight is 655 g/mol. The van der Waals surface area contributed by atoms with Crippen LogP contribution in [-0.4, -0.2) is 51.4 Å². The largest absolute Gasteiger partial charge is 0.492 e. The van der Waals surface area contributed by atoms with Crippen LogP contribution < -0.4 is 14.4 Å². The standard InChI is InChI=1S/C33H33Cl2N3O5S/c1-3-43-31-15-8-7-14-29(31)38(44(41,42)28-18-16-26(34)17-19-28)23-32(39)37(22-25-12-9-13-27(35)20-25)30(33(40)36-2)21-24-10-5-4-6-11-24/h4-20,30H,3,21-23H2,1-2H3,(H,36,40). The molecule has 0 spiro atoms. The Morgan fingerprint density at radius 1 is 0.841 bits per heavy atom. The number of anilines is 1. The van der Waals surface area contributed by atoms with Crippen LogP contribution in [0.2, 0.25) is 10.0 Å². The molecule has 2 amide bonds. The van der Waals surface area contributed by atoms with Gasteiger partial charge >= 0.3 is 0 Å². The lowest BCUT2D eigenvalue weighted by atomic mass is 10.0. The molecule has 0 radical (unpaired) electrons. The number of hydrogen-bond acceptors (Lipinski definition) is 5. The zero-order valence-electron chi connectivity index (χ0n) is 24.3. The van der Waals surface area contributed by atoms with E-state index in [4.69, 9.17) is 27.9 Å². The lowest BCUT2D eigenvalue weighted by Gasteiger charge is -2.34. The van der Waals surface area contributed by atoms with E-state index in [2.05, 4.69) is 5.32 Å². The molecule has 0 saturated carbocycles. The molecular weight excluding hydrogens is 621 g/mol. The quantitative estimate of drug-likeness (QED) is 0.192. The second-order valence-corrected chi connectivity index (χ2v) is 12.6. The van der Waals surface area contributed by atoms with Crippen molar-refractivity contribution in [2.45, 2.75) is 30.8 Å². The van der Waals surface area contributed by atoms with E-state index in [9.17, 15) is 18.0 Å². The van der Waals surface area contributed by atoms with Crippen molar-refractivity contribution in [1.29, 1.82) is 0 Å². The Kier molecular flexibility index (Phi) is 11.3. The van der Waals surface area contributed by atoms with Crippen LogP contribution in [0.25, 0.3) is 0 Å². The normalized spacial score (nSPS) is 11.8. The molecule has 0 fully saturated rings. The number of halogens is 2. The number of amides is 2. The van der Waals surface area contributed by atoms with Crippen molar-refractivity contribution < 1.29 is 22.7 Å². The average Bonchev–Trinajstić information content (AvgIpc) is 3.02. The monoisotopic (exact) mass is 653 g/mol. The number of hydrogen-bond donors (Lipinski definition) is 1. The van der Waals surface area contributed by atoms with Crippen LogP contribution in [0.3, 0.4) is 0 Å². The van der Waals surface area contributed by atoms with Gasteiger partial charge in [0, 0.05) is 30.1 Å². The molecule has 4 rings (SSSR count). The SMILES string of the molecule is CCOc1ccccc1N(CC(=O)N(Cc1cccc(Cl)c1)C(Cc1ccccc1)C(=O)NC)S(=O)(=O)c1ccc(Cl)cc1. The summed E-state index contributed by atoms with van der Waals surface area (Å²) in [5.74, 6) is -0.710. The maximum absolute atomic E-state index is 14.4. The Balaban J connectivity index is 1.82. The summed E-state index contributed by atoms with van der Waals surface area (Å²) in [5, 5.41) is 3.50. The molecule has 0 aliphatic carbocycles. The van der Waals surface area contributed by atoms with E-state index in [0.29, 0.717) is 15.6 Å². The Bertz CT molecular complexity index is 1690. The van der Waals surface area contributed by atoms with Crippen molar-refractivity contribution in [3.63, 3.8) is 0 Å². The summed E-state index contributed by atoms with van der Waals surface area (Å²) >= 11 is 12.3. The molecular formula is C33H33Cl2N3O5S. The Morgan fingerprint density at radius 3 is 2.16 bits per heavy atom. The van der Waals surface area contributed by atoms with Gasteiger partial charge in [0.25, 0.3) is 10.0 Å². The fourth-order valence-corrected chi connectivity index (χ4v) is 6.50. The van der Waals surface area contributed by atoms with Gasteiger partial charge in [0.1, 0.15) is 18.3 Å². The van der Waals surface area contributed by atoms with Crippen LogP contribution in [0.5, 0.6) is 5.75 Å². The Morgan fingerprint density at radius 2 is 1.50 bits per heavy atom. The second-order valence-electron chi connectivity index (χ2n) is 9.84. The van der Waals surface area contributed by atoms with Crippen LogP contribution in [-0.2, 0) is 32.6 Å². The van der Waals surface area contributed by atoms with Gasteiger partial charge in [0.05, 0.1) is 17.2 Å². The molecule has 4 aromatic carbocycles. The first kappa shape index (κ1) is 32.9. The number of nitrogens with one attached hydrogen (secondary N) is 1. The van der Waals surface area contributed by atoms with Gasteiger partial charge in [-0.05, 0) is 66.6 Å².